The maximum atomic E-state index is 12.1. The summed E-state index contributed by atoms with van der Waals surface area (Å²) < 4.78 is 0. The van der Waals surface area contributed by atoms with Crippen LogP contribution in [0.3, 0.4) is 0 Å². The molecule has 7 heteroatoms. The molecule has 2 rings (SSSR count). The second-order valence-electron chi connectivity index (χ2n) is 6.41. The van der Waals surface area contributed by atoms with E-state index in [1.165, 1.54) is 23.5 Å². The van der Waals surface area contributed by atoms with E-state index in [1.54, 1.807) is 19.2 Å². The van der Waals surface area contributed by atoms with Crippen LogP contribution in [-0.4, -0.2) is 47.5 Å². The van der Waals surface area contributed by atoms with Crippen LogP contribution < -0.4 is 10.6 Å². The Morgan fingerprint density at radius 2 is 1.76 bits per heavy atom. The van der Waals surface area contributed by atoms with E-state index in [9.17, 15) is 14.4 Å². The van der Waals surface area contributed by atoms with E-state index < -0.39 is 5.97 Å². The fourth-order valence-corrected chi connectivity index (χ4v) is 2.89. The fourth-order valence-electron chi connectivity index (χ4n) is 2.89. The number of aromatic carboxylic acids is 1. The summed E-state index contributed by atoms with van der Waals surface area (Å²) in [6, 6.07) is 6.26. The number of rotatable bonds is 6. The maximum Gasteiger partial charge on any atom is 0.335 e. The van der Waals surface area contributed by atoms with Crippen LogP contribution in [0.15, 0.2) is 24.3 Å². The molecule has 1 aromatic rings. The van der Waals surface area contributed by atoms with Gasteiger partial charge in [-0.2, -0.15) is 0 Å². The van der Waals surface area contributed by atoms with Gasteiger partial charge in [-0.1, -0.05) is 31.4 Å². The molecule has 136 valence electrons. The zero-order valence-electron chi connectivity index (χ0n) is 14.5. The first-order valence-corrected chi connectivity index (χ1v) is 8.56. The highest BCUT2D eigenvalue weighted by molar-refractivity contribution is 5.87. The number of hydrogen-bond donors (Lipinski definition) is 3. The molecule has 1 aliphatic rings. The number of hydrogen-bond acceptors (Lipinski definition) is 3. The average Bonchev–Trinajstić information content (AvgIpc) is 2.61. The number of likely N-dealkylation sites (N-methyl/N-ethyl adjacent to an activating group) is 1. The van der Waals surface area contributed by atoms with Gasteiger partial charge < -0.3 is 20.6 Å². The SMILES string of the molecule is CN(Cc1ccc(C(=O)O)cc1)C(=O)CNC(=O)NC1CCCCC1. The molecule has 1 aromatic carbocycles. The van der Waals surface area contributed by atoms with Crippen molar-refractivity contribution in [3.05, 3.63) is 35.4 Å². The van der Waals surface area contributed by atoms with Gasteiger partial charge in [0, 0.05) is 19.6 Å². The van der Waals surface area contributed by atoms with Crippen molar-refractivity contribution in [1.29, 1.82) is 0 Å². The van der Waals surface area contributed by atoms with Crippen LogP contribution >= 0.6 is 0 Å². The highest BCUT2D eigenvalue weighted by Gasteiger charge is 2.16. The summed E-state index contributed by atoms with van der Waals surface area (Å²) >= 11 is 0. The third-order valence-electron chi connectivity index (χ3n) is 4.39. The second kappa shape index (κ2) is 9.05. The Morgan fingerprint density at radius 3 is 2.36 bits per heavy atom. The first kappa shape index (κ1) is 18.8. The lowest BCUT2D eigenvalue weighted by molar-refractivity contribution is -0.129. The maximum absolute atomic E-state index is 12.1. The van der Waals surface area contributed by atoms with Crippen LogP contribution in [0, 0.1) is 0 Å². The molecule has 0 radical (unpaired) electrons. The van der Waals surface area contributed by atoms with Crippen molar-refractivity contribution in [3.8, 4) is 0 Å². The predicted octanol–water partition coefficient (Wildman–Crippen LogP) is 1.98. The summed E-state index contributed by atoms with van der Waals surface area (Å²) in [5.41, 5.74) is 1.03. The molecule has 0 atom stereocenters. The van der Waals surface area contributed by atoms with Crippen LogP contribution in [0.25, 0.3) is 0 Å². The lowest BCUT2D eigenvalue weighted by atomic mass is 9.96. The number of carboxylic acid groups (broad SMARTS) is 1. The zero-order valence-corrected chi connectivity index (χ0v) is 14.5. The van der Waals surface area contributed by atoms with Gasteiger partial charge in [0.05, 0.1) is 12.1 Å². The fraction of sp³-hybridized carbons (Fsp3) is 0.500. The van der Waals surface area contributed by atoms with Gasteiger partial charge in [0.15, 0.2) is 0 Å². The van der Waals surface area contributed by atoms with E-state index in [0.717, 1.165) is 31.2 Å². The van der Waals surface area contributed by atoms with Crippen LogP contribution in [0.1, 0.15) is 48.0 Å². The second-order valence-corrected chi connectivity index (χ2v) is 6.41. The van der Waals surface area contributed by atoms with Crippen molar-refractivity contribution in [2.75, 3.05) is 13.6 Å². The topological polar surface area (TPSA) is 98.7 Å². The van der Waals surface area contributed by atoms with E-state index >= 15 is 0 Å². The largest absolute Gasteiger partial charge is 0.478 e. The van der Waals surface area contributed by atoms with Crippen molar-refractivity contribution in [2.45, 2.75) is 44.7 Å². The van der Waals surface area contributed by atoms with Gasteiger partial charge in [0.1, 0.15) is 0 Å². The Hall–Kier alpha value is -2.57. The van der Waals surface area contributed by atoms with E-state index in [0.29, 0.717) is 6.54 Å². The summed E-state index contributed by atoms with van der Waals surface area (Å²) in [4.78, 5) is 36.3. The minimum atomic E-state index is -0.982. The smallest absolute Gasteiger partial charge is 0.335 e. The van der Waals surface area contributed by atoms with Gasteiger partial charge in [-0.3, -0.25) is 4.79 Å². The van der Waals surface area contributed by atoms with Gasteiger partial charge >= 0.3 is 12.0 Å². The molecule has 7 nitrogen and oxygen atoms in total. The average molecular weight is 347 g/mol. The molecule has 1 saturated carbocycles. The van der Waals surface area contributed by atoms with Gasteiger partial charge in [0.2, 0.25) is 5.91 Å². The minimum Gasteiger partial charge on any atom is -0.478 e. The van der Waals surface area contributed by atoms with E-state index in [-0.39, 0.29) is 30.1 Å². The van der Waals surface area contributed by atoms with Gasteiger partial charge in [-0.25, -0.2) is 9.59 Å². The highest BCUT2D eigenvalue weighted by Crippen LogP contribution is 2.17. The van der Waals surface area contributed by atoms with Crippen molar-refractivity contribution in [1.82, 2.24) is 15.5 Å². The van der Waals surface area contributed by atoms with Gasteiger partial charge in [-0.15, -0.1) is 0 Å². The van der Waals surface area contributed by atoms with E-state index in [2.05, 4.69) is 10.6 Å². The molecule has 1 aliphatic carbocycles. The molecule has 0 spiro atoms. The minimum absolute atomic E-state index is 0.0672. The molecule has 0 aliphatic heterocycles. The molecule has 0 saturated heterocycles. The first-order chi connectivity index (χ1) is 12.0. The van der Waals surface area contributed by atoms with Gasteiger partial charge in [0.25, 0.3) is 0 Å². The summed E-state index contributed by atoms with van der Waals surface area (Å²) in [6.45, 7) is 0.285. The molecule has 0 heterocycles. The number of amides is 3. The number of urea groups is 1. The molecule has 0 unspecified atom stereocenters. The van der Waals surface area contributed by atoms with Crippen LogP contribution in [0.5, 0.6) is 0 Å². The van der Waals surface area contributed by atoms with Crippen LogP contribution in [-0.2, 0) is 11.3 Å². The van der Waals surface area contributed by atoms with Gasteiger partial charge in [-0.05, 0) is 30.5 Å². The van der Waals surface area contributed by atoms with Crippen LogP contribution in [0.2, 0.25) is 0 Å². The first-order valence-electron chi connectivity index (χ1n) is 8.56. The Bertz CT molecular complexity index is 609. The molecule has 25 heavy (non-hydrogen) atoms. The van der Waals surface area contributed by atoms with Crippen molar-refractivity contribution >= 4 is 17.9 Å². The predicted molar refractivity (Wildman–Crippen MR) is 93.3 cm³/mol. The number of nitrogens with zero attached hydrogens (tertiary/aromatic N) is 1. The highest BCUT2D eigenvalue weighted by atomic mass is 16.4. The summed E-state index contributed by atoms with van der Waals surface area (Å²) in [6.07, 6.45) is 5.47. The molecule has 0 bridgehead atoms. The molecular weight excluding hydrogens is 322 g/mol. The van der Waals surface area contributed by atoms with E-state index in [1.807, 2.05) is 0 Å². The molecule has 3 N–H and O–H groups in total. The Labute approximate surface area is 147 Å². The molecule has 0 aromatic heterocycles. The normalized spacial score (nSPS) is 14.6. The lowest BCUT2D eigenvalue weighted by Crippen LogP contribution is -2.46. The number of benzene rings is 1. The quantitative estimate of drug-likeness (QED) is 0.733. The summed E-state index contributed by atoms with van der Waals surface area (Å²) in [5.74, 6) is -1.19. The third-order valence-corrected chi connectivity index (χ3v) is 4.39. The number of carboxylic acids is 1. The van der Waals surface area contributed by atoms with Crippen molar-refractivity contribution < 1.29 is 19.5 Å². The number of nitrogens with one attached hydrogen (secondary N) is 2. The Kier molecular flexibility index (Phi) is 6.80. The summed E-state index contributed by atoms with van der Waals surface area (Å²) in [7, 11) is 1.65. The third kappa shape index (κ3) is 6.10. The summed E-state index contributed by atoms with van der Waals surface area (Å²) in [5, 5.41) is 14.4. The number of carbonyl (C=O) groups is 3. The lowest BCUT2D eigenvalue weighted by Gasteiger charge is -2.23. The monoisotopic (exact) mass is 347 g/mol. The molecule has 1 fully saturated rings. The molecular formula is C18H25N3O4. The van der Waals surface area contributed by atoms with Crippen molar-refractivity contribution in [2.24, 2.45) is 0 Å². The molecule has 3 amide bonds. The standard InChI is InChI=1S/C18H25N3O4/c1-21(12-13-7-9-14(10-8-13)17(23)24)16(22)11-19-18(25)20-15-5-3-2-4-6-15/h7-10,15H,2-6,11-12H2,1H3,(H,23,24)(H2,19,20,25). The van der Waals surface area contributed by atoms with E-state index in [4.69, 9.17) is 5.11 Å². The number of carbonyl (C=O) groups excluding carboxylic acids is 2. The van der Waals surface area contributed by atoms with Crippen LogP contribution in [0.4, 0.5) is 4.79 Å². The zero-order chi connectivity index (χ0) is 18.2. The van der Waals surface area contributed by atoms with Crippen molar-refractivity contribution in [3.63, 3.8) is 0 Å². The Balaban J connectivity index is 1.73. The Morgan fingerprint density at radius 1 is 1.12 bits per heavy atom.